The molecular formula is C14H16ClN5OS. The first-order valence-electron chi connectivity index (χ1n) is 6.62. The van der Waals surface area contributed by atoms with E-state index in [4.69, 9.17) is 29.6 Å². The number of primary amides is 1. The van der Waals surface area contributed by atoms with E-state index in [1.54, 1.807) is 23.0 Å². The van der Waals surface area contributed by atoms with E-state index in [0.29, 0.717) is 22.4 Å². The van der Waals surface area contributed by atoms with Crippen molar-refractivity contribution in [2.45, 2.75) is 20.4 Å². The van der Waals surface area contributed by atoms with E-state index in [1.165, 1.54) is 0 Å². The third-order valence-electron chi connectivity index (χ3n) is 3.02. The minimum atomic E-state index is -0.614. The number of carbonyl (C=O) groups is 1. The van der Waals surface area contributed by atoms with Crippen molar-refractivity contribution in [3.8, 4) is 0 Å². The first kappa shape index (κ1) is 16.3. The number of hydrogen-bond acceptors (Lipinski definition) is 3. The van der Waals surface area contributed by atoms with E-state index < -0.39 is 5.91 Å². The Morgan fingerprint density at radius 2 is 2.09 bits per heavy atom. The van der Waals surface area contributed by atoms with Gasteiger partial charge in [-0.2, -0.15) is 5.10 Å². The number of carbonyl (C=O) groups excluding carboxylic acids is 1. The molecule has 0 unspecified atom stereocenters. The van der Waals surface area contributed by atoms with Crippen LogP contribution in [0.4, 0.5) is 11.4 Å². The van der Waals surface area contributed by atoms with Gasteiger partial charge >= 0.3 is 0 Å². The number of rotatable bonds is 4. The van der Waals surface area contributed by atoms with Crippen molar-refractivity contribution in [2.24, 2.45) is 5.73 Å². The van der Waals surface area contributed by atoms with E-state index in [9.17, 15) is 4.79 Å². The molecule has 22 heavy (non-hydrogen) atoms. The highest BCUT2D eigenvalue weighted by molar-refractivity contribution is 7.80. The van der Waals surface area contributed by atoms with Gasteiger partial charge in [0.15, 0.2) is 10.8 Å². The average molecular weight is 338 g/mol. The molecule has 1 aromatic heterocycles. The molecule has 116 valence electrons. The molecule has 0 saturated carbocycles. The van der Waals surface area contributed by atoms with Crippen LogP contribution in [-0.2, 0) is 6.54 Å². The summed E-state index contributed by atoms with van der Waals surface area (Å²) >= 11 is 11.2. The van der Waals surface area contributed by atoms with E-state index in [0.717, 1.165) is 11.3 Å². The molecule has 0 aliphatic heterocycles. The molecule has 0 saturated heterocycles. The molecule has 1 aromatic carbocycles. The number of nitrogens with zero attached hydrogens (tertiary/aromatic N) is 2. The highest BCUT2D eigenvalue weighted by atomic mass is 35.5. The maximum atomic E-state index is 11.4. The lowest BCUT2D eigenvalue weighted by Gasteiger charge is -2.12. The number of anilines is 2. The summed E-state index contributed by atoms with van der Waals surface area (Å²) in [5.41, 5.74) is 7.71. The van der Waals surface area contributed by atoms with Crippen LogP contribution in [0.3, 0.4) is 0 Å². The van der Waals surface area contributed by atoms with E-state index in [1.807, 2.05) is 19.9 Å². The predicted octanol–water partition coefficient (Wildman–Crippen LogP) is 2.77. The Bertz CT molecular complexity index is 728. The zero-order chi connectivity index (χ0) is 16.3. The third-order valence-corrected chi connectivity index (χ3v) is 3.45. The van der Waals surface area contributed by atoms with Crippen LogP contribution in [-0.4, -0.2) is 20.8 Å². The highest BCUT2D eigenvalue weighted by Crippen LogP contribution is 2.21. The fourth-order valence-corrected chi connectivity index (χ4v) is 2.25. The minimum absolute atomic E-state index is 0.147. The molecule has 0 atom stereocenters. The van der Waals surface area contributed by atoms with E-state index >= 15 is 0 Å². The van der Waals surface area contributed by atoms with Crippen molar-refractivity contribution in [3.63, 3.8) is 0 Å². The maximum Gasteiger partial charge on any atom is 0.271 e. The van der Waals surface area contributed by atoms with Crippen LogP contribution < -0.4 is 16.4 Å². The lowest BCUT2D eigenvalue weighted by molar-refractivity contribution is 0.0995. The van der Waals surface area contributed by atoms with Crippen LogP contribution in [0.2, 0.25) is 5.02 Å². The summed E-state index contributed by atoms with van der Waals surface area (Å²) in [6.45, 7) is 4.47. The molecule has 0 radical (unpaired) electrons. The second kappa shape index (κ2) is 6.76. The number of aryl methyl sites for hydroxylation is 2. The summed E-state index contributed by atoms with van der Waals surface area (Å²) in [4.78, 5) is 11.4. The molecule has 8 heteroatoms. The largest absolute Gasteiger partial charge is 0.364 e. The van der Waals surface area contributed by atoms with Crippen molar-refractivity contribution < 1.29 is 4.79 Å². The smallest absolute Gasteiger partial charge is 0.271 e. The van der Waals surface area contributed by atoms with Crippen molar-refractivity contribution in [2.75, 3.05) is 10.6 Å². The molecular weight excluding hydrogens is 322 g/mol. The SMILES string of the molecule is CCn1cc(NC(=S)Nc2cc(Cl)ccc2C)c(C(N)=O)n1. The molecule has 4 N–H and O–H groups in total. The van der Waals surface area contributed by atoms with Crippen LogP contribution in [0.15, 0.2) is 24.4 Å². The fourth-order valence-electron chi connectivity index (χ4n) is 1.86. The molecule has 2 rings (SSSR count). The van der Waals surface area contributed by atoms with Crippen molar-refractivity contribution in [1.29, 1.82) is 0 Å². The Hall–Kier alpha value is -2.12. The van der Waals surface area contributed by atoms with Gasteiger partial charge in [0, 0.05) is 23.5 Å². The van der Waals surface area contributed by atoms with Gasteiger partial charge in [-0.3, -0.25) is 9.48 Å². The number of hydrogen-bond donors (Lipinski definition) is 3. The van der Waals surface area contributed by atoms with Gasteiger partial charge in [0.2, 0.25) is 0 Å². The normalized spacial score (nSPS) is 10.3. The summed E-state index contributed by atoms with van der Waals surface area (Å²) in [6, 6.07) is 5.46. The quantitative estimate of drug-likeness (QED) is 0.747. The minimum Gasteiger partial charge on any atom is -0.364 e. The molecule has 0 aliphatic rings. The molecule has 1 amide bonds. The lowest BCUT2D eigenvalue weighted by atomic mass is 10.2. The van der Waals surface area contributed by atoms with Gasteiger partial charge in [-0.05, 0) is 43.8 Å². The first-order chi connectivity index (χ1) is 10.4. The molecule has 0 bridgehead atoms. The first-order valence-corrected chi connectivity index (χ1v) is 7.40. The Labute approximate surface area is 138 Å². The van der Waals surface area contributed by atoms with E-state index in [2.05, 4.69) is 15.7 Å². The number of benzene rings is 1. The number of halogens is 1. The zero-order valence-electron chi connectivity index (χ0n) is 12.2. The molecule has 6 nitrogen and oxygen atoms in total. The number of thiocarbonyl (C=S) groups is 1. The van der Waals surface area contributed by atoms with Crippen molar-refractivity contribution in [3.05, 3.63) is 40.7 Å². The van der Waals surface area contributed by atoms with Crippen LogP contribution in [0.25, 0.3) is 0 Å². The molecule has 0 aliphatic carbocycles. The monoisotopic (exact) mass is 337 g/mol. The van der Waals surface area contributed by atoms with Gasteiger partial charge in [0.05, 0.1) is 5.69 Å². The summed E-state index contributed by atoms with van der Waals surface area (Å²) in [5.74, 6) is -0.614. The number of nitrogens with one attached hydrogen (secondary N) is 2. The standard InChI is InChI=1S/C14H16ClN5OS/c1-3-20-7-11(12(19-20)13(16)21)18-14(22)17-10-6-9(15)5-4-8(10)2/h4-7H,3H2,1-2H3,(H2,16,21)(H2,17,18,22). The Morgan fingerprint density at radius 1 is 1.41 bits per heavy atom. The van der Waals surface area contributed by atoms with Crippen LogP contribution in [0.1, 0.15) is 23.0 Å². The second-order valence-corrected chi connectivity index (χ2v) is 5.49. The van der Waals surface area contributed by atoms with Crippen LogP contribution in [0.5, 0.6) is 0 Å². The molecule has 0 spiro atoms. The molecule has 2 aromatic rings. The second-order valence-electron chi connectivity index (χ2n) is 4.65. The van der Waals surface area contributed by atoms with Gasteiger partial charge in [-0.1, -0.05) is 17.7 Å². The fraction of sp³-hybridized carbons (Fsp3) is 0.214. The van der Waals surface area contributed by atoms with Gasteiger partial charge in [0.1, 0.15) is 0 Å². The Kier molecular flexibility index (Phi) is 4.99. The molecule has 1 heterocycles. The summed E-state index contributed by atoms with van der Waals surface area (Å²) in [6.07, 6.45) is 1.68. The van der Waals surface area contributed by atoms with Gasteiger partial charge < -0.3 is 16.4 Å². The van der Waals surface area contributed by atoms with Gasteiger partial charge in [-0.15, -0.1) is 0 Å². The van der Waals surface area contributed by atoms with Crippen LogP contribution >= 0.6 is 23.8 Å². The predicted molar refractivity (Wildman–Crippen MR) is 92.5 cm³/mol. The highest BCUT2D eigenvalue weighted by Gasteiger charge is 2.15. The zero-order valence-corrected chi connectivity index (χ0v) is 13.8. The average Bonchev–Trinajstić information content (AvgIpc) is 2.86. The number of nitrogens with two attached hydrogens (primary N) is 1. The van der Waals surface area contributed by atoms with Crippen LogP contribution in [0, 0.1) is 6.92 Å². The van der Waals surface area contributed by atoms with Crippen molar-refractivity contribution >= 4 is 46.2 Å². The summed E-state index contributed by atoms with van der Waals surface area (Å²) in [5, 5.41) is 11.0. The topological polar surface area (TPSA) is 85.0 Å². The maximum absolute atomic E-state index is 11.4. The van der Waals surface area contributed by atoms with Gasteiger partial charge in [0.25, 0.3) is 5.91 Å². The van der Waals surface area contributed by atoms with E-state index in [-0.39, 0.29) is 5.69 Å². The third kappa shape index (κ3) is 3.75. The number of amides is 1. The van der Waals surface area contributed by atoms with Crippen molar-refractivity contribution in [1.82, 2.24) is 9.78 Å². The Morgan fingerprint density at radius 3 is 2.73 bits per heavy atom. The Balaban J connectivity index is 2.17. The lowest BCUT2D eigenvalue weighted by Crippen LogP contribution is -2.22. The summed E-state index contributed by atoms with van der Waals surface area (Å²) < 4.78 is 1.61. The summed E-state index contributed by atoms with van der Waals surface area (Å²) in [7, 11) is 0. The number of aromatic nitrogens is 2. The van der Waals surface area contributed by atoms with Gasteiger partial charge in [-0.25, -0.2) is 0 Å². The molecule has 0 fully saturated rings.